The maximum atomic E-state index is 13.7. The van der Waals surface area contributed by atoms with Crippen LogP contribution in [-0.4, -0.2) is 47.0 Å². The molecule has 0 fully saturated rings. The predicted octanol–water partition coefficient (Wildman–Crippen LogP) is 4.18. The van der Waals surface area contributed by atoms with Crippen molar-refractivity contribution in [2.45, 2.75) is 51.3 Å². The van der Waals surface area contributed by atoms with E-state index in [-0.39, 0.29) is 19.4 Å². The molecule has 4 aromatic rings. The zero-order valence-electron chi connectivity index (χ0n) is 24.2. The monoisotopic (exact) mass is 584 g/mol. The van der Waals surface area contributed by atoms with Crippen LogP contribution in [0.25, 0.3) is 10.9 Å². The van der Waals surface area contributed by atoms with Gasteiger partial charge in [0.1, 0.15) is 18.2 Å². The molecule has 2 unspecified atom stereocenters. The van der Waals surface area contributed by atoms with E-state index in [9.17, 15) is 19.2 Å². The zero-order chi connectivity index (χ0) is 30.8. The fraction of sp³-hybridized carbons (Fsp3) is 0.273. The lowest BCUT2D eigenvalue weighted by atomic mass is 9.91. The third kappa shape index (κ3) is 8.22. The highest BCUT2D eigenvalue weighted by Crippen LogP contribution is 2.20. The summed E-state index contributed by atoms with van der Waals surface area (Å²) in [6, 6.07) is 22.2. The van der Waals surface area contributed by atoms with Gasteiger partial charge in [-0.1, -0.05) is 67.6 Å². The molecule has 0 spiro atoms. The summed E-state index contributed by atoms with van der Waals surface area (Å²) in [4.78, 5) is 54.3. The van der Waals surface area contributed by atoms with Gasteiger partial charge in [-0.05, 0) is 48.2 Å². The van der Waals surface area contributed by atoms with Crippen LogP contribution in [0, 0.1) is 0 Å². The second-order valence-corrected chi connectivity index (χ2v) is 10.5. The first kappa shape index (κ1) is 30.8. The summed E-state index contributed by atoms with van der Waals surface area (Å²) in [5.41, 5.74) is 7.86. The number of hydrogen-bond donors (Lipinski definition) is 4. The number of amides is 3. The van der Waals surface area contributed by atoms with Crippen molar-refractivity contribution in [2.75, 3.05) is 6.61 Å². The third-order valence-electron chi connectivity index (χ3n) is 7.05. The van der Waals surface area contributed by atoms with Crippen LogP contribution < -0.4 is 16.4 Å². The molecule has 1 aromatic heterocycles. The standard InChI is InChI=1S/C33H36N4O6/c1-3-17-42-30(39)24-15-13-23(14-16-24)21-43-32(41)36-28(18-25-20-35-27-12-8-7-11-26(25)27)29(38)37-33(2,31(34)40)19-22-9-5-4-6-10-22/h4-16,20,28,35H,3,17-19,21H2,1-2H3,(H2,34,40)(H,36,41)(H,37,38). The van der Waals surface area contributed by atoms with Gasteiger partial charge in [0, 0.05) is 29.9 Å². The maximum absolute atomic E-state index is 13.7. The van der Waals surface area contributed by atoms with Gasteiger partial charge in [-0.15, -0.1) is 0 Å². The first-order valence-electron chi connectivity index (χ1n) is 14.1. The van der Waals surface area contributed by atoms with Crippen LogP contribution in [0.5, 0.6) is 0 Å². The SMILES string of the molecule is CCCOC(=O)c1ccc(COC(=O)NC(Cc2c[nH]c3ccccc23)C(=O)NC(C)(Cc2ccccc2)C(N)=O)cc1. The second kappa shape index (κ2) is 14.2. The van der Waals surface area contributed by atoms with E-state index >= 15 is 0 Å². The minimum Gasteiger partial charge on any atom is -0.462 e. The number of rotatable bonds is 13. The van der Waals surface area contributed by atoms with Crippen LogP contribution >= 0.6 is 0 Å². The van der Waals surface area contributed by atoms with Crippen molar-refractivity contribution in [3.8, 4) is 0 Å². The first-order chi connectivity index (χ1) is 20.7. The van der Waals surface area contributed by atoms with Gasteiger partial charge in [0.2, 0.25) is 11.8 Å². The van der Waals surface area contributed by atoms with Crippen molar-refractivity contribution in [1.82, 2.24) is 15.6 Å². The van der Waals surface area contributed by atoms with Crippen molar-refractivity contribution >= 4 is 34.8 Å². The van der Waals surface area contributed by atoms with Gasteiger partial charge >= 0.3 is 12.1 Å². The van der Waals surface area contributed by atoms with E-state index in [4.69, 9.17) is 15.2 Å². The Balaban J connectivity index is 1.47. The Morgan fingerprint density at radius 1 is 0.907 bits per heavy atom. The Kier molecular flexibility index (Phi) is 10.2. The van der Waals surface area contributed by atoms with Crippen LogP contribution in [-0.2, 0) is 38.5 Å². The van der Waals surface area contributed by atoms with E-state index in [2.05, 4.69) is 15.6 Å². The average molecular weight is 585 g/mol. The van der Waals surface area contributed by atoms with Crippen LogP contribution in [0.2, 0.25) is 0 Å². The Labute approximate surface area is 249 Å². The Hall–Kier alpha value is -5.12. The summed E-state index contributed by atoms with van der Waals surface area (Å²) >= 11 is 0. The Bertz CT molecular complexity index is 1570. The number of nitrogens with two attached hydrogens (primary N) is 1. The smallest absolute Gasteiger partial charge is 0.408 e. The number of ether oxygens (including phenoxy) is 2. The third-order valence-corrected chi connectivity index (χ3v) is 7.05. The fourth-order valence-corrected chi connectivity index (χ4v) is 4.63. The molecule has 10 nitrogen and oxygen atoms in total. The van der Waals surface area contributed by atoms with Crippen molar-refractivity contribution in [3.05, 3.63) is 107 Å². The van der Waals surface area contributed by atoms with Gasteiger partial charge < -0.3 is 30.8 Å². The molecule has 0 aliphatic rings. The van der Waals surface area contributed by atoms with Crippen LogP contribution in [0.4, 0.5) is 4.79 Å². The maximum Gasteiger partial charge on any atom is 0.408 e. The van der Waals surface area contributed by atoms with Gasteiger partial charge in [0.05, 0.1) is 12.2 Å². The summed E-state index contributed by atoms with van der Waals surface area (Å²) in [5.74, 6) is -1.72. The zero-order valence-corrected chi connectivity index (χ0v) is 24.2. The van der Waals surface area contributed by atoms with Gasteiger partial charge in [-0.3, -0.25) is 9.59 Å². The van der Waals surface area contributed by atoms with Crippen molar-refractivity contribution < 1.29 is 28.7 Å². The highest BCUT2D eigenvalue weighted by atomic mass is 16.5. The summed E-state index contributed by atoms with van der Waals surface area (Å²) < 4.78 is 10.5. The number of hydrogen-bond acceptors (Lipinski definition) is 6. The lowest BCUT2D eigenvalue weighted by molar-refractivity contribution is -0.132. The summed E-state index contributed by atoms with van der Waals surface area (Å²) in [6.45, 7) is 3.71. The number of alkyl carbamates (subject to hydrolysis) is 1. The number of para-hydroxylation sites is 1. The average Bonchev–Trinajstić information content (AvgIpc) is 3.41. The number of fused-ring (bicyclic) bond motifs is 1. The Morgan fingerprint density at radius 2 is 1.60 bits per heavy atom. The molecular weight excluding hydrogens is 548 g/mol. The predicted molar refractivity (Wildman–Crippen MR) is 162 cm³/mol. The van der Waals surface area contributed by atoms with Gasteiger partial charge in [-0.25, -0.2) is 9.59 Å². The minimum absolute atomic E-state index is 0.0927. The molecule has 0 aliphatic carbocycles. The molecular formula is C33H36N4O6. The highest BCUT2D eigenvalue weighted by molar-refractivity contribution is 5.94. The van der Waals surface area contributed by atoms with Crippen LogP contribution in [0.1, 0.15) is 47.3 Å². The molecule has 0 radical (unpaired) electrons. The second-order valence-electron chi connectivity index (χ2n) is 10.5. The van der Waals surface area contributed by atoms with Crippen molar-refractivity contribution in [1.29, 1.82) is 0 Å². The molecule has 43 heavy (non-hydrogen) atoms. The molecule has 3 amide bonds. The molecule has 0 saturated carbocycles. The van der Waals surface area contributed by atoms with Gasteiger partial charge in [0.15, 0.2) is 0 Å². The number of carbonyl (C=O) groups excluding carboxylic acids is 4. The molecule has 2 atom stereocenters. The lowest BCUT2D eigenvalue weighted by Gasteiger charge is -2.30. The first-order valence-corrected chi connectivity index (χ1v) is 14.1. The van der Waals surface area contributed by atoms with Gasteiger partial charge in [0.25, 0.3) is 0 Å². The van der Waals surface area contributed by atoms with E-state index in [1.807, 2.05) is 61.5 Å². The molecule has 0 aliphatic heterocycles. The van der Waals surface area contributed by atoms with Crippen molar-refractivity contribution in [3.63, 3.8) is 0 Å². The number of H-pyrrole nitrogens is 1. The quantitative estimate of drug-likeness (QED) is 0.173. The van der Waals surface area contributed by atoms with E-state index in [1.165, 1.54) is 0 Å². The molecule has 10 heteroatoms. The number of primary amides is 1. The molecule has 1 heterocycles. The van der Waals surface area contributed by atoms with Crippen LogP contribution in [0.15, 0.2) is 85.1 Å². The normalized spacial score (nSPS) is 13.0. The summed E-state index contributed by atoms with van der Waals surface area (Å²) in [6.07, 6.45) is 1.97. The summed E-state index contributed by atoms with van der Waals surface area (Å²) in [5, 5.41) is 6.33. The number of benzene rings is 3. The Morgan fingerprint density at radius 3 is 2.30 bits per heavy atom. The fourth-order valence-electron chi connectivity index (χ4n) is 4.63. The molecule has 0 bridgehead atoms. The molecule has 5 N–H and O–H groups in total. The lowest BCUT2D eigenvalue weighted by Crippen LogP contribution is -2.61. The van der Waals surface area contributed by atoms with E-state index in [0.29, 0.717) is 17.7 Å². The number of esters is 1. The number of nitrogens with one attached hydrogen (secondary N) is 3. The largest absolute Gasteiger partial charge is 0.462 e. The van der Waals surface area contributed by atoms with Crippen molar-refractivity contribution in [2.24, 2.45) is 5.73 Å². The number of carbonyl (C=O) groups is 4. The molecule has 224 valence electrons. The topological polar surface area (TPSA) is 153 Å². The molecule has 4 rings (SSSR count). The van der Waals surface area contributed by atoms with Gasteiger partial charge in [-0.2, -0.15) is 0 Å². The summed E-state index contributed by atoms with van der Waals surface area (Å²) in [7, 11) is 0. The van der Waals surface area contributed by atoms with E-state index in [0.717, 1.165) is 28.5 Å². The molecule has 0 saturated heterocycles. The van der Waals surface area contributed by atoms with E-state index in [1.54, 1.807) is 37.4 Å². The minimum atomic E-state index is -1.41. The van der Waals surface area contributed by atoms with Crippen LogP contribution in [0.3, 0.4) is 0 Å². The number of aromatic nitrogens is 1. The number of aromatic amines is 1. The van der Waals surface area contributed by atoms with E-state index < -0.39 is 35.5 Å². The highest BCUT2D eigenvalue weighted by Gasteiger charge is 2.36. The molecule has 3 aromatic carbocycles.